The lowest BCUT2D eigenvalue weighted by Crippen LogP contribution is -2.45. The van der Waals surface area contributed by atoms with Crippen LogP contribution in [0.25, 0.3) is 0 Å². The molecule has 0 unspecified atom stereocenters. The lowest BCUT2D eigenvalue weighted by atomic mass is 10.2. The maximum absolute atomic E-state index is 5.74. The van der Waals surface area contributed by atoms with E-state index in [9.17, 15) is 0 Å². The van der Waals surface area contributed by atoms with E-state index < -0.39 is 0 Å². The van der Waals surface area contributed by atoms with Crippen molar-refractivity contribution in [3.63, 3.8) is 0 Å². The maximum Gasteiger partial charge on any atom is 0.119 e. The molecule has 3 nitrogen and oxygen atoms in total. The first kappa shape index (κ1) is 11.4. The molecule has 1 fully saturated rings. The Balaban J connectivity index is 1.80. The number of ether oxygens (including phenoxy) is 2. The minimum atomic E-state index is 0.157. The molecule has 0 saturated carbocycles. The summed E-state index contributed by atoms with van der Waals surface area (Å²) in [5.74, 6) is 0.910. The third-order valence-corrected chi connectivity index (χ3v) is 2.69. The van der Waals surface area contributed by atoms with Crippen molar-refractivity contribution in [2.24, 2.45) is 0 Å². The standard InChI is InChI=1S/C13H19NO2/c1-10-3-5-12(6-4-10)15-9-13-8-14-7-11(2)16-13/h3-6,11,13-14H,7-9H2,1-2H3/t11-,13-/m1/s1. The number of nitrogens with one attached hydrogen (secondary N) is 1. The van der Waals surface area contributed by atoms with Crippen LogP contribution in [-0.2, 0) is 4.74 Å². The van der Waals surface area contributed by atoms with Gasteiger partial charge < -0.3 is 14.8 Å². The zero-order valence-electron chi connectivity index (χ0n) is 9.90. The molecule has 0 amide bonds. The van der Waals surface area contributed by atoms with Crippen LogP contribution in [0.15, 0.2) is 24.3 Å². The van der Waals surface area contributed by atoms with Crippen molar-refractivity contribution in [3.8, 4) is 5.75 Å². The second-order valence-electron chi connectivity index (χ2n) is 4.35. The second kappa shape index (κ2) is 5.32. The van der Waals surface area contributed by atoms with Crippen LogP contribution in [0.5, 0.6) is 5.75 Å². The molecule has 16 heavy (non-hydrogen) atoms. The molecule has 1 saturated heterocycles. The van der Waals surface area contributed by atoms with E-state index >= 15 is 0 Å². The molecule has 0 bridgehead atoms. The van der Waals surface area contributed by atoms with Crippen molar-refractivity contribution >= 4 is 0 Å². The van der Waals surface area contributed by atoms with Gasteiger partial charge in [0.15, 0.2) is 0 Å². The molecule has 1 aromatic rings. The molecule has 1 aliphatic rings. The van der Waals surface area contributed by atoms with E-state index in [0.717, 1.165) is 18.8 Å². The highest BCUT2D eigenvalue weighted by atomic mass is 16.5. The average molecular weight is 221 g/mol. The third kappa shape index (κ3) is 3.22. The summed E-state index contributed by atoms with van der Waals surface area (Å²) in [5.41, 5.74) is 1.25. The predicted molar refractivity (Wildman–Crippen MR) is 63.9 cm³/mol. The Hall–Kier alpha value is -1.06. The normalized spacial score (nSPS) is 25.4. The molecule has 0 aliphatic carbocycles. The van der Waals surface area contributed by atoms with E-state index in [1.165, 1.54) is 5.56 Å². The minimum Gasteiger partial charge on any atom is -0.491 e. The maximum atomic E-state index is 5.74. The first-order chi connectivity index (χ1) is 7.74. The Morgan fingerprint density at radius 1 is 1.31 bits per heavy atom. The topological polar surface area (TPSA) is 30.5 Å². The van der Waals surface area contributed by atoms with Crippen molar-refractivity contribution in [1.29, 1.82) is 0 Å². The van der Waals surface area contributed by atoms with Crippen LogP contribution in [0.1, 0.15) is 12.5 Å². The lowest BCUT2D eigenvalue weighted by Gasteiger charge is -2.28. The van der Waals surface area contributed by atoms with Gasteiger partial charge in [-0.15, -0.1) is 0 Å². The van der Waals surface area contributed by atoms with Gasteiger partial charge in [0.2, 0.25) is 0 Å². The van der Waals surface area contributed by atoms with E-state index in [1.54, 1.807) is 0 Å². The molecule has 1 aliphatic heterocycles. The summed E-state index contributed by atoms with van der Waals surface area (Å²) in [6, 6.07) is 8.10. The largest absolute Gasteiger partial charge is 0.491 e. The van der Waals surface area contributed by atoms with E-state index in [2.05, 4.69) is 31.3 Å². The lowest BCUT2D eigenvalue weighted by molar-refractivity contribution is -0.0470. The zero-order chi connectivity index (χ0) is 11.4. The van der Waals surface area contributed by atoms with Crippen molar-refractivity contribution in [3.05, 3.63) is 29.8 Å². The molecule has 0 aromatic heterocycles. The fourth-order valence-electron chi connectivity index (χ4n) is 1.79. The molecule has 1 aromatic carbocycles. The van der Waals surface area contributed by atoms with Crippen LogP contribution < -0.4 is 10.1 Å². The molecular weight excluding hydrogens is 202 g/mol. The summed E-state index contributed by atoms with van der Waals surface area (Å²) in [7, 11) is 0. The molecule has 1 N–H and O–H groups in total. The molecule has 1 heterocycles. The van der Waals surface area contributed by atoms with Gasteiger partial charge in [0.05, 0.1) is 6.10 Å². The van der Waals surface area contributed by atoms with Gasteiger partial charge in [-0.2, -0.15) is 0 Å². The molecule has 0 spiro atoms. The summed E-state index contributed by atoms with van der Waals surface area (Å²) in [6.07, 6.45) is 0.436. The summed E-state index contributed by atoms with van der Waals surface area (Å²) < 4.78 is 11.4. The van der Waals surface area contributed by atoms with Gasteiger partial charge in [-0.05, 0) is 26.0 Å². The van der Waals surface area contributed by atoms with Crippen LogP contribution in [0, 0.1) is 6.92 Å². The van der Waals surface area contributed by atoms with Crippen molar-refractivity contribution in [2.75, 3.05) is 19.7 Å². The third-order valence-electron chi connectivity index (χ3n) is 2.69. The first-order valence-corrected chi connectivity index (χ1v) is 5.79. The smallest absolute Gasteiger partial charge is 0.119 e. The fourth-order valence-corrected chi connectivity index (χ4v) is 1.79. The van der Waals surface area contributed by atoms with Crippen LogP contribution in [0.3, 0.4) is 0 Å². The van der Waals surface area contributed by atoms with E-state index in [-0.39, 0.29) is 12.2 Å². The van der Waals surface area contributed by atoms with Crippen LogP contribution >= 0.6 is 0 Å². The Kier molecular flexibility index (Phi) is 3.80. The van der Waals surface area contributed by atoms with Gasteiger partial charge in [0.1, 0.15) is 18.5 Å². The summed E-state index contributed by atoms with van der Waals surface area (Å²) in [4.78, 5) is 0. The monoisotopic (exact) mass is 221 g/mol. The molecule has 88 valence electrons. The number of aryl methyl sites for hydroxylation is 1. The number of benzene rings is 1. The minimum absolute atomic E-state index is 0.157. The Morgan fingerprint density at radius 2 is 2.06 bits per heavy atom. The molecule has 3 heteroatoms. The SMILES string of the molecule is Cc1ccc(OC[C@H]2CNC[C@@H](C)O2)cc1. The number of hydrogen-bond acceptors (Lipinski definition) is 3. The van der Waals surface area contributed by atoms with Crippen molar-refractivity contribution in [2.45, 2.75) is 26.1 Å². The summed E-state index contributed by atoms with van der Waals surface area (Å²) in [5, 5.41) is 3.32. The average Bonchev–Trinajstić information content (AvgIpc) is 2.28. The fraction of sp³-hybridized carbons (Fsp3) is 0.538. The van der Waals surface area contributed by atoms with Crippen molar-refractivity contribution in [1.82, 2.24) is 5.32 Å². The molecule has 2 atom stereocenters. The molecule has 2 rings (SSSR count). The van der Waals surface area contributed by atoms with Gasteiger partial charge in [0.25, 0.3) is 0 Å². The Labute approximate surface area is 96.8 Å². The Bertz CT molecular complexity index is 323. The highest BCUT2D eigenvalue weighted by molar-refractivity contribution is 5.26. The number of rotatable bonds is 3. The summed E-state index contributed by atoms with van der Waals surface area (Å²) in [6.45, 7) is 6.56. The van der Waals surface area contributed by atoms with Gasteiger partial charge in [-0.3, -0.25) is 0 Å². The highest BCUT2D eigenvalue weighted by Crippen LogP contribution is 2.13. The van der Waals surface area contributed by atoms with E-state index in [0.29, 0.717) is 6.61 Å². The van der Waals surface area contributed by atoms with Crippen LogP contribution in [-0.4, -0.2) is 31.9 Å². The number of hydrogen-bond donors (Lipinski definition) is 1. The zero-order valence-corrected chi connectivity index (χ0v) is 9.90. The Morgan fingerprint density at radius 3 is 2.75 bits per heavy atom. The van der Waals surface area contributed by atoms with E-state index in [1.807, 2.05) is 12.1 Å². The van der Waals surface area contributed by atoms with Crippen LogP contribution in [0.2, 0.25) is 0 Å². The molecule has 0 radical (unpaired) electrons. The quantitative estimate of drug-likeness (QED) is 0.843. The predicted octanol–water partition coefficient (Wildman–Crippen LogP) is 1.75. The summed E-state index contributed by atoms with van der Waals surface area (Å²) >= 11 is 0. The molecular formula is C13H19NO2. The first-order valence-electron chi connectivity index (χ1n) is 5.79. The van der Waals surface area contributed by atoms with Crippen LogP contribution in [0.4, 0.5) is 0 Å². The van der Waals surface area contributed by atoms with Gasteiger partial charge in [-0.25, -0.2) is 0 Å². The van der Waals surface area contributed by atoms with Gasteiger partial charge >= 0.3 is 0 Å². The van der Waals surface area contributed by atoms with E-state index in [4.69, 9.17) is 9.47 Å². The second-order valence-corrected chi connectivity index (χ2v) is 4.35. The highest BCUT2D eigenvalue weighted by Gasteiger charge is 2.18. The van der Waals surface area contributed by atoms with Gasteiger partial charge in [0, 0.05) is 13.1 Å². The van der Waals surface area contributed by atoms with Crippen molar-refractivity contribution < 1.29 is 9.47 Å². The number of morpholine rings is 1. The van der Waals surface area contributed by atoms with Gasteiger partial charge in [-0.1, -0.05) is 17.7 Å².